The quantitative estimate of drug-likeness (QED) is 0.735. The second kappa shape index (κ2) is 5.09. The monoisotopic (exact) mass is 231 g/mol. The molecule has 0 spiro atoms. The Labute approximate surface area is 102 Å². The van der Waals surface area contributed by atoms with Crippen LogP contribution in [-0.4, -0.2) is 14.2 Å². The second-order valence-electron chi connectivity index (χ2n) is 4.30. The minimum Gasteiger partial charge on any atom is -0.493 e. The van der Waals surface area contributed by atoms with Crippen LogP contribution in [0.1, 0.15) is 36.3 Å². The fraction of sp³-hybridized carbons (Fsp3) is 0.500. The lowest BCUT2D eigenvalue weighted by Gasteiger charge is -2.16. The molecule has 1 aliphatic carbocycles. The van der Waals surface area contributed by atoms with Crippen molar-refractivity contribution in [2.45, 2.75) is 31.6 Å². The van der Waals surface area contributed by atoms with E-state index in [9.17, 15) is 5.26 Å². The minimum atomic E-state index is -0.00712. The van der Waals surface area contributed by atoms with Crippen molar-refractivity contribution >= 4 is 0 Å². The summed E-state index contributed by atoms with van der Waals surface area (Å²) in [6.07, 6.45) is 4.11. The van der Waals surface area contributed by atoms with E-state index in [1.54, 1.807) is 14.2 Å². The lowest BCUT2D eigenvalue weighted by molar-refractivity contribution is 0.351. The van der Waals surface area contributed by atoms with Crippen molar-refractivity contribution in [3.63, 3.8) is 0 Å². The molecule has 0 heterocycles. The third-order valence-electron chi connectivity index (χ3n) is 3.39. The SMILES string of the molecule is COc1ccc2c(c1OC)CCCCC2C#N. The standard InChI is InChI=1S/C14H17NO2/c1-16-13-8-7-11-10(9-15)5-3-4-6-12(11)14(13)17-2/h7-8,10H,3-6H2,1-2H3. The van der Waals surface area contributed by atoms with Crippen molar-refractivity contribution in [2.24, 2.45) is 0 Å². The van der Waals surface area contributed by atoms with Gasteiger partial charge in [-0.25, -0.2) is 0 Å². The van der Waals surface area contributed by atoms with Gasteiger partial charge in [0.2, 0.25) is 0 Å². The molecule has 1 atom stereocenters. The van der Waals surface area contributed by atoms with E-state index in [2.05, 4.69) is 6.07 Å². The maximum absolute atomic E-state index is 9.23. The lowest BCUT2D eigenvalue weighted by Crippen LogP contribution is -2.02. The van der Waals surface area contributed by atoms with Crippen molar-refractivity contribution in [3.05, 3.63) is 23.3 Å². The number of nitriles is 1. The van der Waals surface area contributed by atoms with Crippen LogP contribution < -0.4 is 9.47 Å². The zero-order valence-corrected chi connectivity index (χ0v) is 10.3. The summed E-state index contributed by atoms with van der Waals surface area (Å²) >= 11 is 0. The van der Waals surface area contributed by atoms with Gasteiger partial charge >= 0.3 is 0 Å². The Balaban J connectivity index is 2.56. The molecule has 1 aromatic carbocycles. The summed E-state index contributed by atoms with van der Waals surface area (Å²) in [6.45, 7) is 0. The summed E-state index contributed by atoms with van der Waals surface area (Å²) in [4.78, 5) is 0. The van der Waals surface area contributed by atoms with Gasteiger partial charge in [-0.3, -0.25) is 0 Å². The fourth-order valence-corrected chi connectivity index (χ4v) is 2.53. The van der Waals surface area contributed by atoms with Crippen LogP contribution in [0, 0.1) is 11.3 Å². The number of ether oxygens (including phenoxy) is 2. The van der Waals surface area contributed by atoms with Crippen molar-refractivity contribution in [3.8, 4) is 17.6 Å². The molecule has 0 N–H and O–H groups in total. The van der Waals surface area contributed by atoms with Crippen LogP contribution in [0.4, 0.5) is 0 Å². The van der Waals surface area contributed by atoms with Crippen LogP contribution in [-0.2, 0) is 6.42 Å². The summed E-state index contributed by atoms with van der Waals surface area (Å²) in [7, 11) is 3.30. The van der Waals surface area contributed by atoms with Crippen molar-refractivity contribution in [1.82, 2.24) is 0 Å². The molecule has 2 rings (SSSR count). The molecule has 3 nitrogen and oxygen atoms in total. The molecule has 0 saturated heterocycles. The van der Waals surface area contributed by atoms with Crippen LogP contribution in [0.3, 0.4) is 0 Å². The first-order chi connectivity index (χ1) is 8.31. The number of hydrogen-bond acceptors (Lipinski definition) is 3. The smallest absolute Gasteiger partial charge is 0.164 e. The average molecular weight is 231 g/mol. The van der Waals surface area contributed by atoms with E-state index in [-0.39, 0.29) is 5.92 Å². The second-order valence-corrected chi connectivity index (χ2v) is 4.30. The van der Waals surface area contributed by atoms with Gasteiger partial charge in [-0.1, -0.05) is 12.5 Å². The summed E-state index contributed by atoms with van der Waals surface area (Å²) in [5, 5.41) is 9.23. The zero-order chi connectivity index (χ0) is 12.3. The normalized spacial score (nSPS) is 18.8. The summed E-state index contributed by atoms with van der Waals surface area (Å²) in [5.74, 6) is 1.55. The van der Waals surface area contributed by atoms with Crippen LogP contribution in [0.25, 0.3) is 0 Å². The van der Waals surface area contributed by atoms with Gasteiger partial charge in [-0.2, -0.15) is 5.26 Å². The molecule has 1 unspecified atom stereocenters. The van der Waals surface area contributed by atoms with Crippen molar-refractivity contribution < 1.29 is 9.47 Å². The van der Waals surface area contributed by atoms with Gasteiger partial charge in [0.05, 0.1) is 26.2 Å². The van der Waals surface area contributed by atoms with E-state index < -0.39 is 0 Å². The third-order valence-corrected chi connectivity index (χ3v) is 3.39. The lowest BCUT2D eigenvalue weighted by atomic mass is 9.93. The summed E-state index contributed by atoms with van der Waals surface area (Å²) in [6, 6.07) is 6.30. The van der Waals surface area contributed by atoms with E-state index in [1.807, 2.05) is 12.1 Å². The number of benzene rings is 1. The largest absolute Gasteiger partial charge is 0.493 e. The molecule has 17 heavy (non-hydrogen) atoms. The number of fused-ring (bicyclic) bond motifs is 1. The van der Waals surface area contributed by atoms with Crippen LogP contribution in [0.2, 0.25) is 0 Å². The van der Waals surface area contributed by atoms with E-state index in [0.29, 0.717) is 0 Å². The highest BCUT2D eigenvalue weighted by Crippen LogP contribution is 2.40. The maximum Gasteiger partial charge on any atom is 0.164 e. The van der Waals surface area contributed by atoms with Gasteiger partial charge in [0.1, 0.15) is 0 Å². The first kappa shape index (κ1) is 11.8. The third kappa shape index (κ3) is 2.08. The predicted molar refractivity (Wildman–Crippen MR) is 65.5 cm³/mol. The molecule has 90 valence electrons. The van der Waals surface area contributed by atoms with Crippen LogP contribution >= 0.6 is 0 Å². The molecular formula is C14H17NO2. The highest BCUT2D eigenvalue weighted by Gasteiger charge is 2.23. The molecule has 0 aromatic heterocycles. The zero-order valence-electron chi connectivity index (χ0n) is 10.3. The number of nitrogens with zero attached hydrogens (tertiary/aromatic N) is 1. The minimum absolute atomic E-state index is 0.00712. The molecule has 0 aliphatic heterocycles. The maximum atomic E-state index is 9.23. The predicted octanol–water partition coefficient (Wildman–Crippen LogP) is 3.04. The molecule has 0 amide bonds. The van der Waals surface area contributed by atoms with Gasteiger partial charge in [0, 0.05) is 5.56 Å². The van der Waals surface area contributed by atoms with Crippen molar-refractivity contribution in [1.29, 1.82) is 5.26 Å². The molecule has 0 saturated carbocycles. The van der Waals surface area contributed by atoms with E-state index in [0.717, 1.165) is 48.3 Å². The molecule has 1 aliphatic rings. The van der Waals surface area contributed by atoms with E-state index in [1.165, 1.54) is 0 Å². The Morgan fingerprint density at radius 2 is 2.06 bits per heavy atom. The molecule has 1 aromatic rings. The summed E-state index contributed by atoms with van der Waals surface area (Å²) in [5.41, 5.74) is 2.26. The van der Waals surface area contributed by atoms with E-state index >= 15 is 0 Å². The number of hydrogen-bond donors (Lipinski definition) is 0. The number of rotatable bonds is 2. The molecule has 0 fully saturated rings. The van der Waals surface area contributed by atoms with Crippen molar-refractivity contribution in [2.75, 3.05) is 14.2 Å². The van der Waals surface area contributed by atoms with E-state index in [4.69, 9.17) is 9.47 Å². The molecule has 0 bridgehead atoms. The first-order valence-corrected chi connectivity index (χ1v) is 5.95. The average Bonchev–Trinajstić information content (AvgIpc) is 2.58. The van der Waals surface area contributed by atoms with Gasteiger partial charge in [-0.15, -0.1) is 0 Å². The topological polar surface area (TPSA) is 42.2 Å². The van der Waals surface area contributed by atoms with Gasteiger partial charge < -0.3 is 9.47 Å². The van der Waals surface area contributed by atoms with Gasteiger partial charge in [-0.05, 0) is 30.9 Å². The van der Waals surface area contributed by atoms with Gasteiger partial charge in [0.25, 0.3) is 0 Å². The van der Waals surface area contributed by atoms with Gasteiger partial charge in [0.15, 0.2) is 11.5 Å². The Kier molecular flexibility index (Phi) is 3.53. The molecule has 3 heteroatoms. The first-order valence-electron chi connectivity index (χ1n) is 5.95. The Morgan fingerprint density at radius 1 is 1.24 bits per heavy atom. The van der Waals surface area contributed by atoms with Crippen LogP contribution in [0.5, 0.6) is 11.5 Å². The van der Waals surface area contributed by atoms with Crippen LogP contribution in [0.15, 0.2) is 12.1 Å². The number of methoxy groups -OCH3 is 2. The summed E-state index contributed by atoms with van der Waals surface area (Å²) < 4.78 is 10.8. The Morgan fingerprint density at radius 3 is 2.71 bits per heavy atom. The Hall–Kier alpha value is -1.69. The molecular weight excluding hydrogens is 214 g/mol. The molecule has 0 radical (unpaired) electrons. The highest BCUT2D eigenvalue weighted by atomic mass is 16.5. The highest BCUT2D eigenvalue weighted by molar-refractivity contribution is 5.53. The fourth-order valence-electron chi connectivity index (χ4n) is 2.53. The Bertz CT molecular complexity index is 448.